The molecule has 0 radical (unpaired) electrons. The highest BCUT2D eigenvalue weighted by Gasteiger charge is 2.39. The highest BCUT2D eigenvalue weighted by Crippen LogP contribution is 2.43. The summed E-state index contributed by atoms with van der Waals surface area (Å²) in [5.74, 6) is 1.19. The number of hydrogen-bond donors (Lipinski definition) is 6. The molecule has 5 aromatic rings. The van der Waals surface area contributed by atoms with Gasteiger partial charge in [0, 0.05) is 74.3 Å². The number of nitrogens with zero attached hydrogens (tertiary/aromatic N) is 3. The summed E-state index contributed by atoms with van der Waals surface area (Å²) in [6.07, 6.45) is 5.98. The highest BCUT2D eigenvalue weighted by atomic mass is 16.5. The molecule has 0 bridgehead atoms. The quantitative estimate of drug-likeness (QED) is 0.0354. The standard InChI is InChI=1S/C46H44N6O7.C11H21N3O3.C3H6O/c1-26(47-2)44(53)50-31-14-27(24-58-42-20-36-34(18-40(42)56-3)45(54)51-32(22-48-36)16-29-9-5-7-11-38(29)51)13-28(15-31)25-59-43-21-37-35(19-41(43)57-4)46(55)52-33(23-49-37)17-30-10-6-8-12-39(30)52;1-9(8-15)14-11(17)5-3-2-4-10(16)13-7-6-12;1-3(2)4/h5-15,18-22,26,32-33,47,49H,16-17,23-25H2,1-4H3,(H,50,53);8-9H,2-7,12H2,1H3,(H,13,16)(H,14,17);1-2H3/t26?,32-,33-;9-;/m00./s1. The van der Waals surface area contributed by atoms with Crippen LogP contribution in [0, 0.1) is 0 Å². The molecule has 9 rings (SSSR count). The molecule has 5 amide bonds. The molecule has 4 atom stereocenters. The summed E-state index contributed by atoms with van der Waals surface area (Å²) in [5, 5.41) is 14.6. The number of aldehydes is 1. The van der Waals surface area contributed by atoms with Crippen LogP contribution >= 0.6 is 0 Å². The molecule has 0 aliphatic carbocycles. The molecular formula is C60H71N9O11. The number of nitrogens with two attached hydrogens (primary N) is 1. The molecule has 4 aliphatic heterocycles. The van der Waals surface area contributed by atoms with Crippen molar-refractivity contribution in [2.75, 3.05) is 61.3 Å². The van der Waals surface area contributed by atoms with Gasteiger partial charge in [0.05, 0.1) is 60.9 Å². The van der Waals surface area contributed by atoms with E-state index in [4.69, 9.17) is 29.7 Å². The van der Waals surface area contributed by atoms with Crippen molar-refractivity contribution in [1.29, 1.82) is 0 Å². The van der Waals surface area contributed by atoms with Crippen LogP contribution in [0.4, 0.5) is 28.4 Å². The van der Waals surface area contributed by atoms with Crippen molar-refractivity contribution in [1.82, 2.24) is 16.0 Å². The van der Waals surface area contributed by atoms with Gasteiger partial charge in [0.25, 0.3) is 11.8 Å². The molecule has 20 nitrogen and oxygen atoms in total. The zero-order valence-electron chi connectivity index (χ0n) is 46.3. The van der Waals surface area contributed by atoms with Gasteiger partial charge in [0.1, 0.15) is 25.3 Å². The number of fused-ring (bicyclic) bond motifs is 8. The van der Waals surface area contributed by atoms with Gasteiger partial charge in [0.15, 0.2) is 23.0 Å². The molecule has 0 fully saturated rings. The first kappa shape index (κ1) is 59.0. The molecule has 0 aromatic heterocycles. The fourth-order valence-electron chi connectivity index (χ4n) is 9.54. The van der Waals surface area contributed by atoms with Crippen molar-refractivity contribution < 1.29 is 52.5 Å². The van der Waals surface area contributed by atoms with Crippen LogP contribution in [0.1, 0.15) is 96.3 Å². The number of hydrogen-bond acceptors (Lipinski definition) is 15. The van der Waals surface area contributed by atoms with Crippen molar-refractivity contribution in [3.05, 3.63) is 124 Å². The number of ketones is 1. The van der Waals surface area contributed by atoms with E-state index in [1.807, 2.05) is 77.8 Å². The van der Waals surface area contributed by atoms with Gasteiger partial charge >= 0.3 is 0 Å². The van der Waals surface area contributed by atoms with Crippen molar-refractivity contribution in [3.63, 3.8) is 0 Å². The minimum Gasteiger partial charge on any atom is -0.493 e. The number of unbranched alkanes of at least 4 members (excludes halogenated alkanes) is 1. The van der Waals surface area contributed by atoms with Gasteiger partial charge in [-0.15, -0.1) is 0 Å². The van der Waals surface area contributed by atoms with E-state index in [0.717, 1.165) is 40.0 Å². The van der Waals surface area contributed by atoms with Crippen LogP contribution in [0.5, 0.6) is 23.0 Å². The minimum atomic E-state index is -0.449. The highest BCUT2D eigenvalue weighted by molar-refractivity contribution is 6.15. The second-order valence-corrected chi connectivity index (χ2v) is 19.8. The summed E-state index contributed by atoms with van der Waals surface area (Å²) in [4.78, 5) is 91.4. The van der Waals surface area contributed by atoms with E-state index in [2.05, 4.69) is 32.7 Å². The smallest absolute Gasteiger partial charge is 0.261 e. The van der Waals surface area contributed by atoms with Crippen LogP contribution in [-0.2, 0) is 50.0 Å². The monoisotopic (exact) mass is 1090 g/mol. The number of carbonyl (C=O) groups excluding carboxylic acids is 7. The third kappa shape index (κ3) is 14.7. The lowest BCUT2D eigenvalue weighted by atomic mass is 10.1. The van der Waals surface area contributed by atoms with E-state index < -0.39 is 12.1 Å². The number of aliphatic imine (C=N–C) groups is 1. The van der Waals surface area contributed by atoms with Gasteiger partial charge in [-0.1, -0.05) is 36.4 Å². The summed E-state index contributed by atoms with van der Waals surface area (Å²) in [6.45, 7) is 8.16. The molecule has 1 unspecified atom stereocenters. The topological polar surface area (TPSA) is 261 Å². The Hall–Kier alpha value is -8.62. The summed E-state index contributed by atoms with van der Waals surface area (Å²) in [6, 6.07) is 27.4. The van der Waals surface area contributed by atoms with E-state index in [0.29, 0.717) is 109 Å². The normalized spacial score (nSPS) is 15.8. The van der Waals surface area contributed by atoms with E-state index in [1.165, 1.54) is 21.0 Å². The SMILES string of the molecule is CC(C)=O.CNC(C)C(=O)Nc1cc(COc2cc3c(cc2OC)C(=O)N2c4ccccc4C[C@H]2C=N3)cc(COc2cc3c(cc2OC)C(=O)N2c4ccccc4C[C@H]2CN3)c1.C[C@@H](C=O)NC(=O)CCCCC(=O)NCCN. The summed E-state index contributed by atoms with van der Waals surface area (Å²) < 4.78 is 24.3. The number of likely N-dealkylation sites (N-methyl/N-ethyl adjacent to an activating group) is 1. The average molecular weight is 1090 g/mol. The number of amides is 5. The zero-order valence-corrected chi connectivity index (χ0v) is 46.3. The fraction of sp³-hybridized carbons (Fsp3) is 0.367. The van der Waals surface area contributed by atoms with Gasteiger partial charge in [0.2, 0.25) is 17.7 Å². The zero-order chi connectivity index (χ0) is 57.5. The van der Waals surface area contributed by atoms with Crippen LogP contribution in [-0.4, -0.2) is 113 Å². The first-order valence-electron chi connectivity index (χ1n) is 26.7. The van der Waals surface area contributed by atoms with E-state index >= 15 is 0 Å². The van der Waals surface area contributed by atoms with Crippen LogP contribution in [0.15, 0.2) is 96.0 Å². The first-order chi connectivity index (χ1) is 38.5. The number of para-hydroxylation sites is 2. The number of benzene rings is 5. The third-order valence-electron chi connectivity index (χ3n) is 13.5. The fourth-order valence-corrected chi connectivity index (χ4v) is 9.54. The van der Waals surface area contributed by atoms with Gasteiger partial charge in [-0.25, -0.2) is 0 Å². The maximum absolute atomic E-state index is 14.0. The Bertz CT molecular complexity index is 3120. The maximum atomic E-state index is 14.0. The molecule has 4 aliphatic rings. The van der Waals surface area contributed by atoms with Crippen molar-refractivity contribution in [2.45, 2.75) is 104 Å². The molecule has 20 heteroatoms. The Labute approximate surface area is 466 Å². The number of carbonyl (C=O) groups is 7. The summed E-state index contributed by atoms with van der Waals surface area (Å²) in [7, 11) is 4.80. The molecule has 0 saturated heterocycles. The van der Waals surface area contributed by atoms with E-state index in [1.54, 1.807) is 51.1 Å². The molecule has 0 spiro atoms. The second-order valence-electron chi connectivity index (χ2n) is 19.8. The molecule has 80 heavy (non-hydrogen) atoms. The van der Waals surface area contributed by atoms with Gasteiger partial charge < -0.3 is 65.8 Å². The molecule has 7 N–H and O–H groups in total. The van der Waals surface area contributed by atoms with E-state index in [9.17, 15) is 33.6 Å². The van der Waals surface area contributed by atoms with Gasteiger partial charge in [-0.2, -0.15) is 0 Å². The Balaban J connectivity index is 0.000000375. The number of nitrogens with one attached hydrogen (secondary N) is 5. The van der Waals surface area contributed by atoms with E-state index in [-0.39, 0.29) is 60.6 Å². The van der Waals surface area contributed by atoms with Crippen LogP contribution in [0.25, 0.3) is 0 Å². The number of anilines is 4. The summed E-state index contributed by atoms with van der Waals surface area (Å²) >= 11 is 0. The van der Waals surface area contributed by atoms with Crippen LogP contribution in [0.3, 0.4) is 0 Å². The van der Waals surface area contributed by atoms with Crippen LogP contribution < -0.4 is 61.1 Å². The largest absolute Gasteiger partial charge is 0.493 e. The lowest BCUT2D eigenvalue weighted by Crippen LogP contribution is -2.39. The predicted octanol–water partition coefficient (Wildman–Crippen LogP) is 6.61. The van der Waals surface area contributed by atoms with Gasteiger partial charge in [-0.3, -0.25) is 33.9 Å². The Kier molecular flexibility index (Phi) is 20.5. The lowest BCUT2D eigenvalue weighted by molar-refractivity contribution is -0.124. The number of rotatable bonds is 20. The molecule has 422 valence electrons. The predicted molar refractivity (Wildman–Crippen MR) is 307 cm³/mol. The second kappa shape index (κ2) is 27.8. The molecule has 0 saturated carbocycles. The molecular weight excluding hydrogens is 1020 g/mol. The third-order valence-corrected chi connectivity index (χ3v) is 13.5. The van der Waals surface area contributed by atoms with Gasteiger partial charge in [-0.05, 0) is 119 Å². The molecule has 4 heterocycles. The lowest BCUT2D eigenvalue weighted by Gasteiger charge is -2.22. The minimum absolute atomic E-state index is 0.0104. The maximum Gasteiger partial charge on any atom is 0.261 e. The van der Waals surface area contributed by atoms with Crippen molar-refractivity contribution in [3.8, 4) is 23.0 Å². The number of Topliss-reactive ketones (excluding diaryl/α,β-unsaturated/α-hetero) is 1. The van der Waals surface area contributed by atoms with Crippen molar-refractivity contribution in [2.24, 2.45) is 10.7 Å². The Morgan fingerprint density at radius 1 is 0.762 bits per heavy atom. The number of ether oxygens (including phenoxy) is 4. The summed E-state index contributed by atoms with van der Waals surface area (Å²) in [5.41, 5.74) is 13.5. The first-order valence-corrected chi connectivity index (χ1v) is 26.7. The van der Waals surface area contributed by atoms with Crippen LogP contribution in [0.2, 0.25) is 0 Å². The number of methoxy groups -OCH3 is 2. The Morgan fingerprint density at radius 3 is 1.95 bits per heavy atom. The average Bonchev–Trinajstić information content (AvgIpc) is 3.99. The molecule has 5 aromatic carbocycles. The Morgan fingerprint density at radius 2 is 1.34 bits per heavy atom. The van der Waals surface area contributed by atoms with Crippen molar-refractivity contribution >= 4 is 76.3 Å².